The van der Waals surface area contributed by atoms with Crippen LogP contribution in [0.2, 0.25) is 0 Å². The van der Waals surface area contributed by atoms with Gasteiger partial charge in [-0.2, -0.15) is 0 Å². The van der Waals surface area contributed by atoms with E-state index >= 15 is 0 Å². The summed E-state index contributed by atoms with van der Waals surface area (Å²) in [5.41, 5.74) is 2.75. The summed E-state index contributed by atoms with van der Waals surface area (Å²) in [6.45, 7) is 2.99. The lowest BCUT2D eigenvalue weighted by molar-refractivity contribution is -0.141. The second kappa shape index (κ2) is 4.17. The first-order chi connectivity index (χ1) is 8.25. The van der Waals surface area contributed by atoms with Crippen LogP contribution in [-0.4, -0.2) is 16.8 Å². The van der Waals surface area contributed by atoms with Crippen molar-refractivity contribution in [1.82, 2.24) is 4.90 Å². The van der Waals surface area contributed by atoms with E-state index in [1.165, 1.54) is 17.5 Å². The van der Waals surface area contributed by atoms with Crippen molar-refractivity contribution in [2.75, 3.05) is 0 Å². The highest BCUT2D eigenvalue weighted by molar-refractivity contribution is 5.80. The van der Waals surface area contributed by atoms with Crippen molar-refractivity contribution in [2.24, 2.45) is 5.92 Å². The van der Waals surface area contributed by atoms with Crippen molar-refractivity contribution < 1.29 is 4.79 Å². The Balaban J connectivity index is 1.81. The Morgan fingerprint density at radius 1 is 1.24 bits per heavy atom. The van der Waals surface area contributed by atoms with E-state index in [1.807, 2.05) is 0 Å². The molecule has 1 aliphatic heterocycles. The number of carbonyl (C=O) groups excluding carboxylic acids is 1. The van der Waals surface area contributed by atoms with Gasteiger partial charge in [0.1, 0.15) is 0 Å². The van der Waals surface area contributed by atoms with Crippen LogP contribution < -0.4 is 0 Å². The van der Waals surface area contributed by atoms with Crippen LogP contribution >= 0.6 is 0 Å². The van der Waals surface area contributed by atoms with Gasteiger partial charge in [0, 0.05) is 18.5 Å². The number of carbonyl (C=O) groups is 1. The van der Waals surface area contributed by atoms with Crippen LogP contribution in [0.3, 0.4) is 0 Å². The topological polar surface area (TPSA) is 20.3 Å². The molecule has 0 radical (unpaired) electrons. The van der Waals surface area contributed by atoms with E-state index in [4.69, 9.17) is 0 Å². The Morgan fingerprint density at radius 2 is 1.94 bits per heavy atom. The molecule has 1 atom stereocenters. The monoisotopic (exact) mass is 229 g/mol. The SMILES string of the molecule is CC1Cc2ccccc2CN1C(=O)C1CCC1. The zero-order valence-corrected chi connectivity index (χ0v) is 10.4. The molecule has 90 valence electrons. The lowest BCUT2D eigenvalue weighted by Crippen LogP contribution is -2.46. The Hall–Kier alpha value is -1.31. The maximum absolute atomic E-state index is 12.3. The summed E-state index contributed by atoms with van der Waals surface area (Å²) >= 11 is 0. The minimum absolute atomic E-state index is 0.322. The van der Waals surface area contributed by atoms with Gasteiger partial charge in [-0.1, -0.05) is 30.7 Å². The van der Waals surface area contributed by atoms with Gasteiger partial charge in [0.05, 0.1) is 0 Å². The molecular formula is C15H19NO. The molecule has 1 aromatic carbocycles. The maximum Gasteiger partial charge on any atom is 0.226 e. The molecule has 0 N–H and O–H groups in total. The van der Waals surface area contributed by atoms with Crippen LogP contribution in [-0.2, 0) is 17.8 Å². The standard InChI is InChI=1S/C15H19NO/c1-11-9-13-5-2-3-6-14(13)10-16(11)15(17)12-7-4-8-12/h2-3,5-6,11-12H,4,7-10H2,1H3. The van der Waals surface area contributed by atoms with Gasteiger partial charge in [0.25, 0.3) is 0 Å². The van der Waals surface area contributed by atoms with Crippen LogP contribution in [0.1, 0.15) is 37.3 Å². The molecule has 1 heterocycles. The van der Waals surface area contributed by atoms with Crippen LogP contribution in [0.25, 0.3) is 0 Å². The van der Waals surface area contributed by atoms with Gasteiger partial charge in [0.2, 0.25) is 5.91 Å². The number of fused-ring (bicyclic) bond motifs is 1. The molecule has 1 unspecified atom stereocenters. The van der Waals surface area contributed by atoms with Crippen molar-refractivity contribution in [2.45, 2.75) is 45.2 Å². The summed E-state index contributed by atoms with van der Waals surface area (Å²) < 4.78 is 0. The first-order valence-electron chi connectivity index (χ1n) is 6.63. The van der Waals surface area contributed by atoms with E-state index in [-0.39, 0.29) is 0 Å². The van der Waals surface area contributed by atoms with Crippen molar-refractivity contribution in [3.8, 4) is 0 Å². The summed E-state index contributed by atoms with van der Waals surface area (Å²) in [6, 6.07) is 8.87. The van der Waals surface area contributed by atoms with Gasteiger partial charge >= 0.3 is 0 Å². The van der Waals surface area contributed by atoms with E-state index in [1.54, 1.807) is 0 Å². The van der Waals surface area contributed by atoms with Crippen LogP contribution in [0.4, 0.5) is 0 Å². The van der Waals surface area contributed by atoms with E-state index < -0.39 is 0 Å². The van der Waals surface area contributed by atoms with Crippen LogP contribution in [0, 0.1) is 5.92 Å². The number of benzene rings is 1. The van der Waals surface area contributed by atoms with Gasteiger partial charge in [-0.15, -0.1) is 0 Å². The Kier molecular flexibility index (Phi) is 2.65. The minimum Gasteiger partial charge on any atom is -0.335 e. The normalized spacial score (nSPS) is 24.1. The summed E-state index contributed by atoms with van der Waals surface area (Å²) in [7, 11) is 0. The molecule has 3 rings (SSSR count). The van der Waals surface area contributed by atoms with E-state index in [9.17, 15) is 4.79 Å². The number of hydrogen-bond acceptors (Lipinski definition) is 1. The fourth-order valence-electron chi connectivity index (χ4n) is 2.86. The zero-order valence-electron chi connectivity index (χ0n) is 10.4. The first kappa shape index (κ1) is 10.8. The minimum atomic E-state index is 0.322. The molecule has 2 nitrogen and oxygen atoms in total. The average Bonchev–Trinajstić information content (AvgIpc) is 2.25. The quantitative estimate of drug-likeness (QED) is 0.725. The van der Waals surface area contributed by atoms with Crippen molar-refractivity contribution in [1.29, 1.82) is 0 Å². The molecule has 1 saturated carbocycles. The lowest BCUT2D eigenvalue weighted by Gasteiger charge is -2.39. The van der Waals surface area contributed by atoms with E-state index in [2.05, 4.69) is 36.1 Å². The fraction of sp³-hybridized carbons (Fsp3) is 0.533. The molecule has 1 aliphatic carbocycles. The van der Waals surface area contributed by atoms with E-state index in [0.29, 0.717) is 17.9 Å². The van der Waals surface area contributed by atoms with Gasteiger partial charge in [-0.05, 0) is 37.3 Å². The van der Waals surface area contributed by atoms with Crippen molar-refractivity contribution >= 4 is 5.91 Å². The predicted molar refractivity (Wildman–Crippen MR) is 67.5 cm³/mol. The number of rotatable bonds is 1. The number of nitrogens with zero attached hydrogens (tertiary/aromatic N) is 1. The summed E-state index contributed by atoms with van der Waals surface area (Å²) in [5.74, 6) is 0.709. The Labute approximate surface area is 103 Å². The Bertz CT molecular complexity index is 436. The second-order valence-corrected chi connectivity index (χ2v) is 5.42. The molecule has 0 aromatic heterocycles. The molecule has 0 saturated heterocycles. The van der Waals surface area contributed by atoms with Crippen molar-refractivity contribution in [3.05, 3.63) is 35.4 Å². The fourth-order valence-corrected chi connectivity index (χ4v) is 2.86. The largest absolute Gasteiger partial charge is 0.335 e. The maximum atomic E-state index is 12.3. The third-order valence-corrected chi connectivity index (χ3v) is 4.24. The van der Waals surface area contributed by atoms with Gasteiger partial charge in [-0.3, -0.25) is 4.79 Å². The highest BCUT2D eigenvalue weighted by Gasteiger charge is 2.33. The molecule has 1 amide bonds. The molecular weight excluding hydrogens is 210 g/mol. The van der Waals surface area contributed by atoms with Gasteiger partial charge in [-0.25, -0.2) is 0 Å². The second-order valence-electron chi connectivity index (χ2n) is 5.42. The molecule has 17 heavy (non-hydrogen) atoms. The van der Waals surface area contributed by atoms with E-state index in [0.717, 1.165) is 25.8 Å². The smallest absolute Gasteiger partial charge is 0.226 e. The molecule has 0 bridgehead atoms. The van der Waals surface area contributed by atoms with Crippen molar-refractivity contribution in [3.63, 3.8) is 0 Å². The average molecular weight is 229 g/mol. The van der Waals surface area contributed by atoms with Crippen LogP contribution in [0.5, 0.6) is 0 Å². The summed E-state index contributed by atoms with van der Waals surface area (Å²) in [6.07, 6.45) is 4.44. The lowest BCUT2D eigenvalue weighted by atomic mass is 9.83. The third kappa shape index (κ3) is 1.86. The highest BCUT2D eigenvalue weighted by atomic mass is 16.2. The molecule has 2 aliphatic rings. The Morgan fingerprint density at radius 3 is 2.59 bits per heavy atom. The highest BCUT2D eigenvalue weighted by Crippen LogP contribution is 2.32. The van der Waals surface area contributed by atoms with Gasteiger partial charge in [0.15, 0.2) is 0 Å². The first-order valence-corrected chi connectivity index (χ1v) is 6.63. The molecule has 2 heteroatoms. The molecule has 1 fully saturated rings. The number of amides is 1. The summed E-state index contributed by atoms with van der Waals surface area (Å²) in [4.78, 5) is 14.4. The molecule has 0 spiro atoms. The zero-order chi connectivity index (χ0) is 11.8. The van der Waals surface area contributed by atoms with Crippen LogP contribution in [0.15, 0.2) is 24.3 Å². The predicted octanol–water partition coefficient (Wildman–Crippen LogP) is 2.76. The summed E-state index contributed by atoms with van der Waals surface area (Å²) in [5, 5.41) is 0. The molecule has 1 aromatic rings. The number of hydrogen-bond donors (Lipinski definition) is 0. The van der Waals surface area contributed by atoms with Gasteiger partial charge < -0.3 is 4.90 Å². The third-order valence-electron chi connectivity index (χ3n) is 4.24.